The molecule has 2 heterocycles. The van der Waals surface area contributed by atoms with Crippen LogP contribution in [-0.4, -0.2) is 43.2 Å². The second-order valence-corrected chi connectivity index (χ2v) is 16.2. The largest absolute Gasteiger partial charge is 0.331 e. The number of carbonyl (C=O) groups is 1. The molecule has 1 aliphatic rings. The molecule has 6 nitrogen and oxygen atoms in total. The van der Waals surface area contributed by atoms with Crippen LogP contribution in [0, 0.1) is 0 Å². The highest BCUT2D eigenvalue weighted by molar-refractivity contribution is 7.96. The van der Waals surface area contributed by atoms with Crippen molar-refractivity contribution in [1.82, 2.24) is 25.1 Å². The van der Waals surface area contributed by atoms with Crippen molar-refractivity contribution in [1.29, 1.82) is 0 Å². The fourth-order valence-corrected chi connectivity index (χ4v) is 12.8. The van der Waals surface area contributed by atoms with E-state index in [1.54, 1.807) is 0 Å². The lowest BCUT2D eigenvalue weighted by atomic mass is 9.77. The average molecular weight is 671 g/mol. The van der Waals surface area contributed by atoms with Crippen LogP contribution in [0.1, 0.15) is 28.9 Å². The van der Waals surface area contributed by atoms with E-state index in [-0.39, 0.29) is 18.1 Å². The molecule has 0 radical (unpaired) electrons. The van der Waals surface area contributed by atoms with E-state index in [1.165, 1.54) is 15.9 Å². The zero-order valence-corrected chi connectivity index (χ0v) is 28.5. The lowest BCUT2D eigenvalue weighted by Crippen LogP contribution is -2.43. The van der Waals surface area contributed by atoms with Gasteiger partial charge in [0, 0.05) is 13.0 Å². The van der Waals surface area contributed by atoms with Gasteiger partial charge in [0.1, 0.15) is 28.7 Å². The van der Waals surface area contributed by atoms with E-state index < -0.39 is 12.8 Å². The summed E-state index contributed by atoms with van der Waals surface area (Å²) in [5, 5.41) is 17.3. The number of carbonyl (C=O) groups excluding carboxylic acids is 1. The molecule has 0 N–H and O–H groups in total. The molecule has 1 amide bonds. The summed E-state index contributed by atoms with van der Waals surface area (Å²) in [7, 11) is -2.42. The molecular weight excluding hydrogens is 633 g/mol. The molecule has 8 rings (SSSR count). The summed E-state index contributed by atoms with van der Waals surface area (Å²) >= 11 is 0. The normalized spacial score (nSPS) is 14.9. The van der Waals surface area contributed by atoms with Crippen molar-refractivity contribution in [2.45, 2.75) is 24.2 Å². The molecule has 50 heavy (non-hydrogen) atoms. The lowest BCUT2D eigenvalue weighted by Gasteiger charge is -2.36. The lowest BCUT2D eigenvalue weighted by molar-refractivity contribution is -0.128. The van der Waals surface area contributed by atoms with Crippen molar-refractivity contribution in [3.05, 3.63) is 205 Å². The highest BCUT2D eigenvalue weighted by Crippen LogP contribution is 2.62. The Morgan fingerprint density at radius 3 is 1.34 bits per heavy atom. The molecule has 7 aromatic rings. The maximum atomic E-state index is 15.0. The molecule has 0 aliphatic carbocycles. The topological polar surface area (TPSA) is 63.9 Å². The van der Waals surface area contributed by atoms with E-state index in [0.29, 0.717) is 12.4 Å². The smallest absolute Gasteiger partial charge is 0.265 e. The number of hydrogen-bond donors (Lipinski definition) is 0. The molecule has 1 aromatic heterocycles. The first-order valence-corrected chi connectivity index (χ1v) is 18.9. The van der Waals surface area contributed by atoms with Gasteiger partial charge in [-0.05, 0) is 63.5 Å². The summed E-state index contributed by atoms with van der Waals surface area (Å²) in [4.78, 5) is 17.0. The Kier molecular flexibility index (Phi) is 8.62. The highest BCUT2D eigenvalue weighted by Gasteiger charge is 2.58. The fraction of sp³-hybridized carbons (Fsp3) is 0.116. The quantitative estimate of drug-likeness (QED) is 0.121. The van der Waals surface area contributed by atoms with Crippen LogP contribution in [0.25, 0.3) is 0 Å². The van der Waals surface area contributed by atoms with Gasteiger partial charge < -0.3 is 4.90 Å². The number of benzene rings is 6. The Balaban J connectivity index is 1.25. The number of aromatic nitrogens is 4. The summed E-state index contributed by atoms with van der Waals surface area (Å²) < 4.78 is 1.93. The standard InChI is InChI=1S/C43H37N5OP/c49-42-40(50(37-25-13-4-14-26-37,38-27-15-5-16-28-38)39-29-17-6-18-30-39)31-32-47(42)33-41-44-45-46-48(41)43(34-19-7-1-8-20-34,35-21-9-2-10-22-35)36-23-11-3-12-24-36/h1-30,40H,31-33H2/q+1/t40-/m1/s1. The van der Waals surface area contributed by atoms with Crippen LogP contribution in [0.5, 0.6) is 0 Å². The first-order chi connectivity index (χ1) is 24.7. The first kappa shape index (κ1) is 31.6. The Bertz CT molecular complexity index is 1970. The molecule has 0 unspecified atom stereocenters. The zero-order valence-electron chi connectivity index (χ0n) is 27.6. The minimum atomic E-state index is -2.42. The van der Waals surface area contributed by atoms with Gasteiger partial charge in [0.15, 0.2) is 11.5 Å². The van der Waals surface area contributed by atoms with Gasteiger partial charge in [-0.1, -0.05) is 146 Å². The van der Waals surface area contributed by atoms with Crippen molar-refractivity contribution in [3.8, 4) is 0 Å². The van der Waals surface area contributed by atoms with E-state index >= 15 is 4.79 Å². The Hall–Kier alpha value is -5.71. The van der Waals surface area contributed by atoms with Crippen LogP contribution >= 0.6 is 7.26 Å². The molecule has 0 bridgehead atoms. The molecule has 7 heteroatoms. The van der Waals surface area contributed by atoms with Gasteiger partial charge in [-0.15, -0.1) is 5.10 Å². The van der Waals surface area contributed by atoms with Gasteiger partial charge in [0.25, 0.3) is 5.91 Å². The highest BCUT2D eigenvalue weighted by atomic mass is 31.2. The molecule has 1 fully saturated rings. The predicted octanol–water partition coefficient (Wildman–Crippen LogP) is 6.61. The predicted molar refractivity (Wildman–Crippen MR) is 201 cm³/mol. The SMILES string of the molecule is O=C1[C@H]([P+](c2ccccc2)(c2ccccc2)c2ccccc2)CCN1Cc1nnnn1C(c1ccccc1)(c1ccccc1)c1ccccc1. The van der Waals surface area contributed by atoms with Gasteiger partial charge in [0.05, 0.1) is 6.54 Å². The third-order valence-electron chi connectivity index (χ3n) is 9.99. The molecule has 244 valence electrons. The fourth-order valence-electron chi connectivity index (χ4n) is 7.86. The number of nitrogens with zero attached hydrogens (tertiary/aromatic N) is 5. The molecule has 0 spiro atoms. The summed E-state index contributed by atoms with van der Waals surface area (Å²) in [6, 6.07) is 63.1. The van der Waals surface area contributed by atoms with Crippen LogP contribution in [0.4, 0.5) is 0 Å². The van der Waals surface area contributed by atoms with Gasteiger partial charge in [-0.25, -0.2) is 4.68 Å². The second-order valence-electron chi connectivity index (χ2n) is 12.6. The van der Waals surface area contributed by atoms with Gasteiger partial charge in [-0.3, -0.25) is 4.79 Å². The molecule has 1 aliphatic heterocycles. The maximum absolute atomic E-state index is 15.0. The van der Waals surface area contributed by atoms with E-state index in [4.69, 9.17) is 5.21 Å². The molecule has 1 saturated heterocycles. The second kappa shape index (κ2) is 13.7. The Labute approximate surface area is 293 Å². The van der Waals surface area contributed by atoms with Crippen LogP contribution in [0.3, 0.4) is 0 Å². The molecular formula is C43H37N5OP+. The minimum absolute atomic E-state index is 0.133. The minimum Gasteiger partial charge on any atom is -0.331 e. The molecule has 6 aromatic carbocycles. The number of hydrogen-bond acceptors (Lipinski definition) is 4. The summed E-state index contributed by atoms with van der Waals surface area (Å²) in [6.07, 6.45) is 0.730. The summed E-state index contributed by atoms with van der Waals surface area (Å²) in [5.74, 6) is 0.757. The van der Waals surface area contributed by atoms with E-state index in [2.05, 4.69) is 174 Å². The Morgan fingerprint density at radius 2 is 0.940 bits per heavy atom. The first-order valence-electron chi connectivity index (χ1n) is 17.0. The number of tetrazole rings is 1. The van der Waals surface area contributed by atoms with E-state index in [1.807, 2.05) is 27.8 Å². The van der Waals surface area contributed by atoms with Crippen molar-refractivity contribution < 1.29 is 4.79 Å². The van der Waals surface area contributed by atoms with E-state index in [9.17, 15) is 0 Å². The van der Waals surface area contributed by atoms with Crippen LogP contribution in [0.2, 0.25) is 0 Å². The van der Waals surface area contributed by atoms with Crippen LogP contribution in [0.15, 0.2) is 182 Å². The van der Waals surface area contributed by atoms with E-state index in [0.717, 1.165) is 23.1 Å². The zero-order chi connectivity index (χ0) is 33.8. The third-order valence-corrected chi connectivity index (χ3v) is 14.7. The average Bonchev–Trinajstić information content (AvgIpc) is 3.81. The molecule has 0 saturated carbocycles. The number of rotatable bonds is 10. The van der Waals surface area contributed by atoms with Crippen molar-refractivity contribution in [2.24, 2.45) is 0 Å². The van der Waals surface area contributed by atoms with Crippen LogP contribution in [-0.2, 0) is 16.9 Å². The van der Waals surface area contributed by atoms with Crippen molar-refractivity contribution in [2.75, 3.05) is 6.54 Å². The Morgan fingerprint density at radius 1 is 0.560 bits per heavy atom. The summed E-state index contributed by atoms with van der Waals surface area (Å²) in [6.45, 7) is 0.897. The number of amides is 1. The van der Waals surface area contributed by atoms with Gasteiger partial charge >= 0.3 is 0 Å². The monoisotopic (exact) mass is 670 g/mol. The van der Waals surface area contributed by atoms with Crippen LogP contribution < -0.4 is 15.9 Å². The van der Waals surface area contributed by atoms with Gasteiger partial charge in [-0.2, -0.15) is 0 Å². The summed E-state index contributed by atoms with van der Waals surface area (Å²) in [5.41, 5.74) is 1.97. The molecule has 1 atom stereocenters. The third kappa shape index (κ3) is 5.24. The van der Waals surface area contributed by atoms with Gasteiger partial charge in [0.2, 0.25) is 0 Å². The van der Waals surface area contributed by atoms with Crippen molar-refractivity contribution >= 4 is 29.1 Å². The maximum Gasteiger partial charge on any atom is 0.265 e. The number of likely N-dealkylation sites (tertiary alicyclic amines) is 1. The van der Waals surface area contributed by atoms with Crippen molar-refractivity contribution in [3.63, 3.8) is 0 Å².